The normalized spacial score (nSPS) is 14.2. The first-order valence-electron chi connectivity index (χ1n) is 18.4. The molecule has 0 bridgehead atoms. The van der Waals surface area contributed by atoms with Gasteiger partial charge in [-0.05, 0) is 101 Å². The minimum absolute atomic E-state index is 0.0502. The molecule has 10 rings (SSSR count). The van der Waals surface area contributed by atoms with E-state index in [9.17, 15) is 1.37 Å². The van der Waals surface area contributed by atoms with Gasteiger partial charge in [0.15, 0.2) is 0 Å². The van der Waals surface area contributed by atoms with Crippen LogP contribution in [-0.2, 0) is 0 Å². The van der Waals surface area contributed by atoms with E-state index in [2.05, 4.69) is 54.6 Å². The first-order chi connectivity index (χ1) is 25.2. The molecule has 0 aliphatic heterocycles. The number of fused-ring (bicyclic) bond motifs is 4. The van der Waals surface area contributed by atoms with Crippen molar-refractivity contribution < 1.29 is 14.0 Å². The van der Waals surface area contributed by atoms with Gasteiger partial charge >= 0.3 is 0 Å². The lowest BCUT2D eigenvalue weighted by molar-refractivity contribution is 0.669. The lowest BCUT2D eigenvalue weighted by Crippen LogP contribution is -1.90. The van der Waals surface area contributed by atoms with Crippen molar-refractivity contribution in [2.24, 2.45) is 0 Å². The van der Waals surface area contributed by atoms with Crippen molar-refractivity contribution in [3.05, 3.63) is 158 Å². The standard InChI is InChI=1S/C44H26O/c1-2-7-27(8-3-1)32-19-24-40-39(26-32)44-36(11-6-12-41(44)45-40)35-21-16-30-17-22-37-34(20-15-29-18-23-38(35)43(30)42(29)37)33-14-13-28-9-4-5-10-31(28)25-33/h1-26H/i4D,5D,9D,10D,13D,14D,25D. The van der Waals surface area contributed by atoms with Crippen LogP contribution in [0.15, 0.2) is 162 Å². The van der Waals surface area contributed by atoms with E-state index in [0.717, 1.165) is 76.5 Å². The van der Waals surface area contributed by atoms with E-state index in [-0.39, 0.29) is 40.5 Å². The summed E-state index contributed by atoms with van der Waals surface area (Å²) in [6.45, 7) is 0. The van der Waals surface area contributed by atoms with E-state index in [4.69, 9.17) is 12.6 Å². The fraction of sp³-hybridized carbons (Fsp3) is 0. The van der Waals surface area contributed by atoms with Crippen LogP contribution in [0, 0.1) is 0 Å². The van der Waals surface area contributed by atoms with Crippen molar-refractivity contribution in [3.63, 3.8) is 0 Å². The number of rotatable bonds is 3. The predicted molar refractivity (Wildman–Crippen MR) is 191 cm³/mol. The van der Waals surface area contributed by atoms with Gasteiger partial charge in [0.05, 0.1) is 9.60 Å². The van der Waals surface area contributed by atoms with Crippen molar-refractivity contribution in [2.45, 2.75) is 0 Å². The third kappa shape index (κ3) is 3.62. The molecule has 0 amide bonds. The quantitative estimate of drug-likeness (QED) is 0.190. The van der Waals surface area contributed by atoms with Crippen molar-refractivity contribution in [1.29, 1.82) is 0 Å². The van der Waals surface area contributed by atoms with E-state index >= 15 is 0 Å². The molecule has 0 aliphatic rings. The summed E-state index contributed by atoms with van der Waals surface area (Å²) in [5.74, 6) is 0. The molecular weight excluding hydrogens is 544 g/mol. The lowest BCUT2D eigenvalue weighted by atomic mass is 9.86. The van der Waals surface area contributed by atoms with Crippen LogP contribution in [0.2, 0.25) is 0 Å². The Labute approximate surface area is 269 Å². The molecular formula is C44H26O. The Hall–Kier alpha value is -5.92. The summed E-state index contributed by atoms with van der Waals surface area (Å²) in [6.07, 6.45) is 0. The summed E-state index contributed by atoms with van der Waals surface area (Å²) in [5.41, 5.74) is 6.69. The van der Waals surface area contributed by atoms with E-state index in [0.29, 0.717) is 5.56 Å². The molecule has 0 saturated carbocycles. The fourth-order valence-electron chi connectivity index (χ4n) is 7.03. The smallest absolute Gasteiger partial charge is 0.136 e. The highest BCUT2D eigenvalue weighted by Gasteiger charge is 2.18. The zero-order chi connectivity index (χ0) is 35.6. The van der Waals surface area contributed by atoms with Crippen LogP contribution in [0.5, 0.6) is 0 Å². The predicted octanol–water partition coefficient (Wildman–Crippen LogP) is 12.6. The number of hydrogen-bond donors (Lipinski definition) is 0. The lowest BCUT2D eigenvalue weighted by Gasteiger charge is -2.17. The number of furan rings is 1. The highest BCUT2D eigenvalue weighted by molar-refractivity contribution is 6.28. The molecule has 1 heterocycles. The Bertz CT molecular complexity index is 3150. The Morgan fingerprint density at radius 3 is 1.96 bits per heavy atom. The molecule has 0 atom stereocenters. The third-order valence-corrected chi connectivity index (χ3v) is 9.08. The molecule has 0 unspecified atom stereocenters. The molecule has 0 radical (unpaired) electrons. The average molecular weight is 578 g/mol. The number of hydrogen-bond acceptors (Lipinski definition) is 1. The van der Waals surface area contributed by atoms with Gasteiger partial charge < -0.3 is 4.42 Å². The summed E-state index contributed by atoms with van der Waals surface area (Å²) in [6, 6.07) is 36.7. The van der Waals surface area contributed by atoms with Crippen LogP contribution in [-0.4, -0.2) is 0 Å². The molecule has 0 saturated heterocycles. The van der Waals surface area contributed by atoms with E-state index in [1.807, 2.05) is 60.7 Å². The van der Waals surface area contributed by atoms with Gasteiger partial charge in [-0.3, -0.25) is 0 Å². The zero-order valence-corrected chi connectivity index (χ0v) is 23.9. The molecule has 45 heavy (non-hydrogen) atoms. The maximum atomic E-state index is 9.24. The van der Waals surface area contributed by atoms with Gasteiger partial charge in [-0.15, -0.1) is 0 Å². The Kier molecular flexibility index (Phi) is 3.86. The van der Waals surface area contributed by atoms with E-state index in [1.54, 1.807) is 0 Å². The second-order valence-corrected chi connectivity index (χ2v) is 11.5. The molecule has 1 aromatic heterocycles. The van der Waals surface area contributed by atoms with Crippen molar-refractivity contribution in [1.82, 2.24) is 0 Å². The highest BCUT2D eigenvalue weighted by atomic mass is 16.3. The van der Waals surface area contributed by atoms with Gasteiger partial charge in [0.25, 0.3) is 0 Å². The maximum Gasteiger partial charge on any atom is 0.136 e. The first kappa shape index (κ1) is 18.7. The van der Waals surface area contributed by atoms with Crippen LogP contribution in [0.3, 0.4) is 0 Å². The zero-order valence-electron chi connectivity index (χ0n) is 30.9. The van der Waals surface area contributed by atoms with Gasteiger partial charge in [0.2, 0.25) is 0 Å². The molecule has 0 fully saturated rings. The van der Waals surface area contributed by atoms with Gasteiger partial charge in [-0.25, -0.2) is 0 Å². The van der Waals surface area contributed by atoms with Crippen LogP contribution >= 0.6 is 0 Å². The fourth-order valence-corrected chi connectivity index (χ4v) is 7.03. The summed E-state index contributed by atoms with van der Waals surface area (Å²) < 4.78 is 67.0. The maximum absolute atomic E-state index is 9.24. The Morgan fingerprint density at radius 1 is 0.400 bits per heavy atom. The average Bonchev–Trinajstić information content (AvgIpc) is 3.55. The molecule has 9 aromatic carbocycles. The van der Waals surface area contributed by atoms with Crippen LogP contribution in [0.1, 0.15) is 9.60 Å². The third-order valence-electron chi connectivity index (χ3n) is 9.08. The molecule has 1 nitrogen and oxygen atoms in total. The summed E-state index contributed by atoms with van der Waals surface area (Å²) in [5, 5.41) is 7.78. The van der Waals surface area contributed by atoms with Gasteiger partial charge in [-0.1, -0.05) is 133 Å². The molecule has 208 valence electrons. The molecule has 0 aliphatic carbocycles. The Balaban J connectivity index is 1.26. The van der Waals surface area contributed by atoms with Crippen LogP contribution in [0.25, 0.3) is 98.4 Å². The second-order valence-electron chi connectivity index (χ2n) is 11.5. The van der Waals surface area contributed by atoms with Gasteiger partial charge in [0.1, 0.15) is 11.2 Å². The van der Waals surface area contributed by atoms with Gasteiger partial charge in [-0.2, -0.15) is 0 Å². The number of benzene rings is 9. The molecule has 0 N–H and O–H groups in total. The summed E-state index contributed by atoms with van der Waals surface area (Å²) >= 11 is 0. The Morgan fingerprint density at radius 2 is 1.13 bits per heavy atom. The SMILES string of the molecule is [2H]c1c([2H])c([2H])c2c([2H])c(-c3ccc4ccc5c(-c6cccc7oc8ccc(-c9ccccc9)cc8c67)ccc6ccc3c4c65)c([2H])c([2H])c2c1[2H]. The minimum atomic E-state index is -0.480. The molecule has 0 spiro atoms. The van der Waals surface area contributed by atoms with Crippen LogP contribution in [0.4, 0.5) is 0 Å². The van der Waals surface area contributed by atoms with Crippen molar-refractivity contribution in [2.75, 3.05) is 0 Å². The summed E-state index contributed by atoms with van der Waals surface area (Å²) in [4.78, 5) is 0. The topological polar surface area (TPSA) is 13.1 Å². The first-order valence-corrected chi connectivity index (χ1v) is 14.9. The largest absolute Gasteiger partial charge is 0.456 e. The monoisotopic (exact) mass is 577 g/mol. The van der Waals surface area contributed by atoms with Gasteiger partial charge in [0, 0.05) is 10.8 Å². The van der Waals surface area contributed by atoms with E-state index < -0.39 is 18.1 Å². The van der Waals surface area contributed by atoms with Crippen molar-refractivity contribution >= 4 is 65.0 Å². The minimum Gasteiger partial charge on any atom is -0.456 e. The van der Waals surface area contributed by atoms with Crippen molar-refractivity contribution in [3.8, 4) is 33.4 Å². The van der Waals surface area contributed by atoms with E-state index in [1.165, 1.54) is 0 Å². The summed E-state index contributed by atoms with van der Waals surface area (Å²) in [7, 11) is 0. The molecule has 1 heteroatoms. The van der Waals surface area contributed by atoms with Crippen LogP contribution < -0.4 is 0 Å². The highest BCUT2D eigenvalue weighted by Crippen LogP contribution is 2.45. The second kappa shape index (κ2) is 9.29. The molecule has 10 aromatic rings.